The number of rotatable bonds is 6. The van der Waals surface area contributed by atoms with Gasteiger partial charge in [-0.2, -0.15) is 0 Å². The molecule has 0 nitrogen and oxygen atoms in total. The van der Waals surface area contributed by atoms with Gasteiger partial charge in [0.1, 0.15) is 0 Å². The molecule has 0 fully saturated rings. The van der Waals surface area contributed by atoms with E-state index in [1.54, 1.807) is 3.58 Å². The molecule has 1 aromatic rings. The third kappa shape index (κ3) is 4.94. The molecule has 2 heteroatoms. The second-order valence-corrected chi connectivity index (χ2v) is 20.8. The predicted octanol–water partition coefficient (Wildman–Crippen LogP) is 4.60. The van der Waals surface area contributed by atoms with Crippen molar-refractivity contribution in [3.63, 3.8) is 0 Å². The second kappa shape index (κ2) is 7.24. The van der Waals surface area contributed by atoms with Crippen LogP contribution in [0.4, 0.5) is 0 Å². The van der Waals surface area contributed by atoms with Crippen LogP contribution in [0.15, 0.2) is 30.3 Å². The Morgan fingerprint density at radius 1 is 1.12 bits per heavy atom. The van der Waals surface area contributed by atoms with Gasteiger partial charge in [0.2, 0.25) is 0 Å². The van der Waals surface area contributed by atoms with Crippen LogP contribution in [0.3, 0.4) is 0 Å². The molecule has 0 saturated heterocycles. The van der Waals surface area contributed by atoms with Crippen LogP contribution >= 0.6 is 22.6 Å². The minimum atomic E-state index is -1.94. The van der Waals surface area contributed by atoms with Crippen molar-refractivity contribution in [2.24, 2.45) is 0 Å². The minimum absolute atomic E-state index is 0.891. The van der Waals surface area contributed by atoms with Gasteiger partial charge in [0.15, 0.2) is 0 Å². The molecule has 0 saturated carbocycles. The van der Waals surface area contributed by atoms with Gasteiger partial charge in [0, 0.05) is 0 Å². The summed E-state index contributed by atoms with van der Waals surface area (Å²) in [6, 6.07) is 11.2. The van der Waals surface area contributed by atoms with Crippen molar-refractivity contribution in [3.05, 3.63) is 30.3 Å². The fourth-order valence-electron chi connectivity index (χ4n) is 2.01. The molecule has 0 aliphatic carbocycles. The molecule has 0 spiro atoms. The molecule has 1 rings (SSSR count). The average molecular weight is 437 g/mol. The average Bonchev–Trinajstić information content (AvgIpc) is 2.28. The van der Waals surface area contributed by atoms with E-state index in [1.807, 2.05) is 0 Å². The first-order chi connectivity index (χ1) is 7.56. The summed E-state index contributed by atoms with van der Waals surface area (Å²) in [6.45, 7) is 2.29. The summed E-state index contributed by atoms with van der Waals surface area (Å²) in [5, 5.41) is 0. The van der Waals surface area contributed by atoms with Crippen LogP contribution in [-0.4, -0.2) is 22.3 Å². The second-order valence-electron chi connectivity index (χ2n) is 5.17. The first-order valence-electron chi connectivity index (χ1n) is 6.26. The van der Waals surface area contributed by atoms with Crippen LogP contribution in [0.5, 0.6) is 0 Å². The quantitative estimate of drug-likeness (QED) is 0.347. The molecule has 90 valence electrons. The van der Waals surface area contributed by atoms with Gasteiger partial charge in [0.05, 0.1) is 0 Å². The summed E-state index contributed by atoms with van der Waals surface area (Å²) >= 11 is 0.694. The summed E-state index contributed by atoms with van der Waals surface area (Å²) in [7, 11) is 0. The van der Waals surface area contributed by atoms with Crippen molar-refractivity contribution >= 4 is 44.5 Å². The Bertz CT molecular complexity index is 295. The topological polar surface area (TPSA) is 0 Å². The Labute approximate surface area is 118 Å². The number of alkyl halides is 1. The molecule has 0 amide bonds. The molecule has 0 bridgehead atoms. The van der Waals surface area contributed by atoms with Crippen LogP contribution < -0.4 is 3.58 Å². The molecular formula is C14H23ISn. The van der Waals surface area contributed by atoms with E-state index in [9.17, 15) is 0 Å². The summed E-state index contributed by atoms with van der Waals surface area (Å²) in [5.74, 6) is 0. The van der Waals surface area contributed by atoms with E-state index in [2.05, 4.69) is 69.7 Å². The van der Waals surface area contributed by atoms with Crippen LogP contribution in [0, 0.1) is 0 Å². The number of halogens is 1. The Hall–Kier alpha value is 0.749. The van der Waals surface area contributed by atoms with Gasteiger partial charge < -0.3 is 0 Å². The van der Waals surface area contributed by atoms with Gasteiger partial charge in [-0.15, -0.1) is 0 Å². The molecule has 1 atom stereocenters. The number of hydrogen-bond donors (Lipinski definition) is 0. The zero-order chi connectivity index (χ0) is 12.0. The molecule has 16 heavy (non-hydrogen) atoms. The maximum atomic E-state index is 2.63. The summed E-state index contributed by atoms with van der Waals surface area (Å²) < 4.78 is 4.06. The van der Waals surface area contributed by atoms with Gasteiger partial charge in [-0.25, -0.2) is 0 Å². The van der Waals surface area contributed by atoms with Crippen molar-refractivity contribution in [1.82, 2.24) is 0 Å². The van der Waals surface area contributed by atoms with Gasteiger partial charge in [-0.3, -0.25) is 0 Å². The van der Waals surface area contributed by atoms with Crippen LogP contribution in [0.1, 0.15) is 26.2 Å². The first-order valence-corrected chi connectivity index (χ1v) is 16.7. The molecule has 0 heterocycles. The normalized spacial score (nSPS) is 13.8. The van der Waals surface area contributed by atoms with Gasteiger partial charge in [-0.05, 0) is 0 Å². The molecule has 0 aliphatic rings. The zero-order valence-corrected chi connectivity index (χ0v) is 15.7. The summed E-state index contributed by atoms with van der Waals surface area (Å²) in [4.78, 5) is 5.14. The summed E-state index contributed by atoms with van der Waals surface area (Å²) in [6.07, 6.45) is 4.14. The van der Waals surface area contributed by atoms with Gasteiger partial charge in [0.25, 0.3) is 0 Å². The van der Waals surface area contributed by atoms with Crippen molar-refractivity contribution in [1.29, 1.82) is 0 Å². The maximum absolute atomic E-state index is 2.63. The van der Waals surface area contributed by atoms with Gasteiger partial charge in [-0.1, -0.05) is 0 Å². The van der Waals surface area contributed by atoms with E-state index in [0.29, 0.717) is 0 Å². The van der Waals surface area contributed by atoms with Crippen molar-refractivity contribution in [2.75, 3.05) is 0 Å². The molecule has 1 aromatic carbocycles. The monoisotopic (exact) mass is 438 g/mol. The first kappa shape index (κ1) is 14.8. The fraction of sp³-hybridized carbons (Fsp3) is 0.571. The molecule has 0 aromatic heterocycles. The van der Waals surface area contributed by atoms with Crippen molar-refractivity contribution in [3.8, 4) is 0 Å². The van der Waals surface area contributed by atoms with Crippen LogP contribution in [-0.2, 0) is 0 Å². The third-order valence-electron chi connectivity index (χ3n) is 3.24. The molecular weight excluding hydrogens is 414 g/mol. The van der Waals surface area contributed by atoms with Crippen LogP contribution in [0.2, 0.25) is 14.3 Å². The van der Waals surface area contributed by atoms with Crippen molar-refractivity contribution < 1.29 is 0 Å². The Balaban J connectivity index is 2.52. The number of benzene rings is 1. The molecule has 0 N–H and O–H groups in total. The Morgan fingerprint density at radius 2 is 1.75 bits per heavy atom. The molecule has 0 aliphatic heterocycles. The predicted molar refractivity (Wildman–Crippen MR) is 85.7 cm³/mol. The standard InChI is InChI=1S/C6H12I.C6H5.2CH3.Sn/c1-3-5-6(7)4-2;1-2-4-6-5-3-1;;;/h6H,2-5H2,1H3;1-5H;2*1H3;. The van der Waals surface area contributed by atoms with E-state index in [-0.39, 0.29) is 0 Å². The Morgan fingerprint density at radius 3 is 2.31 bits per heavy atom. The SMILES string of the molecule is CCCC(I)C[CH2][Sn]([CH3])([CH3])[c]1ccccc1. The zero-order valence-electron chi connectivity index (χ0n) is 10.7. The van der Waals surface area contributed by atoms with E-state index in [0.717, 1.165) is 3.92 Å². The van der Waals surface area contributed by atoms with E-state index < -0.39 is 18.4 Å². The van der Waals surface area contributed by atoms with Crippen molar-refractivity contribution in [2.45, 2.75) is 44.4 Å². The van der Waals surface area contributed by atoms with Crippen LogP contribution in [0.25, 0.3) is 0 Å². The van der Waals surface area contributed by atoms with E-state index >= 15 is 0 Å². The van der Waals surface area contributed by atoms with E-state index in [1.165, 1.54) is 23.7 Å². The van der Waals surface area contributed by atoms with E-state index in [4.69, 9.17) is 0 Å². The fourth-order valence-corrected chi connectivity index (χ4v) is 11.6. The molecule has 1 unspecified atom stereocenters. The number of hydrogen-bond acceptors (Lipinski definition) is 0. The third-order valence-corrected chi connectivity index (χ3v) is 14.3. The van der Waals surface area contributed by atoms with Gasteiger partial charge >= 0.3 is 119 Å². The Kier molecular flexibility index (Phi) is 6.70. The molecule has 0 radical (unpaired) electrons. The summed E-state index contributed by atoms with van der Waals surface area (Å²) in [5.41, 5.74) is 0.